The highest BCUT2D eigenvalue weighted by Gasteiger charge is 2.14. The second kappa shape index (κ2) is 6.99. The van der Waals surface area contributed by atoms with Gasteiger partial charge in [-0.3, -0.25) is 4.79 Å². The molecule has 6 heteroatoms. The summed E-state index contributed by atoms with van der Waals surface area (Å²) in [5, 5.41) is 10.7. The number of nitrogens with one attached hydrogen (secondary N) is 1. The van der Waals surface area contributed by atoms with Crippen LogP contribution < -0.4 is 5.32 Å². The Kier molecular flexibility index (Phi) is 5.05. The molecule has 21 heavy (non-hydrogen) atoms. The maximum absolute atomic E-state index is 11.9. The Labute approximate surface area is 124 Å². The van der Waals surface area contributed by atoms with Gasteiger partial charge in [-0.1, -0.05) is 35.0 Å². The number of hydrogen-bond acceptors (Lipinski definition) is 4. The Bertz CT molecular complexity index is 592. The second-order valence-electron chi connectivity index (χ2n) is 4.92. The molecule has 0 aliphatic rings. The first-order valence-electron chi connectivity index (χ1n) is 6.87. The molecule has 0 saturated heterocycles. The molecule has 0 spiro atoms. The van der Waals surface area contributed by atoms with Crippen molar-refractivity contribution in [2.45, 2.75) is 19.9 Å². The minimum atomic E-state index is -0.241. The summed E-state index contributed by atoms with van der Waals surface area (Å²) in [5.41, 5.74) is 2.64. The predicted molar refractivity (Wildman–Crippen MR) is 79.2 cm³/mol. The van der Waals surface area contributed by atoms with Crippen molar-refractivity contribution in [3.05, 3.63) is 47.3 Å². The molecule has 0 aliphatic carbocycles. The third-order valence-corrected chi connectivity index (χ3v) is 3.29. The van der Waals surface area contributed by atoms with E-state index in [-0.39, 0.29) is 11.9 Å². The monoisotopic (exact) mass is 288 g/mol. The number of benzene rings is 1. The van der Waals surface area contributed by atoms with E-state index in [4.69, 9.17) is 4.74 Å². The number of hydrogen-bond donors (Lipinski definition) is 1. The first kappa shape index (κ1) is 15.2. The number of methoxy groups -OCH3 is 1. The van der Waals surface area contributed by atoms with Crippen LogP contribution in [0.25, 0.3) is 0 Å². The number of rotatable bonds is 6. The molecule has 0 fully saturated rings. The van der Waals surface area contributed by atoms with Crippen molar-refractivity contribution in [1.82, 2.24) is 20.3 Å². The Hall–Kier alpha value is -2.21. The van der Waals surface area contributed by atoms with Gasteiger partial charge in [-0.2, -0.15) is 0 Å². The van der Waals surface area contributed by atoms with E-state index in [1.807, 2.05) is 13.8 Å². The number of carbonyl (C=O) groups is 1. The molecule has 0 bridgehead atoms. The van der Waals surface area contributed by atoms with Crippen LogP contribution in [0.2, 0.25) is 0 Å². The average Bonchev–Trinajstić information content (AvgIpc) is 2.97. The molecular weight excluding hydrogens is 268 g/mol. The molecule has 1 unspecified atom stereocenters. The van der Waals surface area contributed by atoms with Gasteiger partial charge in [0.25, 0.3) is 5.91 Å². The molecule has 0 radical (unpaired) electrons. The van der Waals surface area contributed by atoms with E-state index < -0.39 is 0 Å². The molecule has 1 heterocycles. The van der Waals surface area contributed by atoms with Crippen LogP contribution in [0.4, 0.5) is 0 Å². The van der Waals surface area contributed by atoms with Gasteiger partial charge < -0.3 is 10.1 Å². The van der Waals surface area contributed by atoms with Crippen molar-refractivity contribution in [2.75, 3.05) is 20.3 Å². The van der Waals surface area contributed by atoms with Gasteiger partial charge >= 0.3 is 0 Å². The van der Waals surface area contributed by atoms with E-state index in [9.17, 15) is 4.79 Å². The SMILES string of the molecule is COCCNC(=O)c1cn(C(C)c2ccc(C)cc2)nn1. The fourth-order valence-corrected chi connectivity index (χ4v) is 1.92. The smallest absolute Gasteiger partial charge is 0.273 e. The Morgan fingerprint density at radius 3 is 2.76 bits per heavy atom. The standard InChI is InChI=1S/C15H20N4O2/c1-11-4-6-13(7-5-11)12(2)19-10-14(17-18-19)15(20)16-8-9-21-3/h4-7,10,12H,8-9H2,1-3H3,(H,16,20). The second-order valence-corrected chi connectivity index (χ2v) is 4.92. The zero-order valence-electron chi connectivity index (χ0n) is 12.5. The Morgan fingerprint density at radius 1 is 1.38 bits per heavy atom. The number of aromatic nitrogens is 3. The largest absolute Gasteiger partial charge is 0.383 e. The lowest BCUT2D eigenvalue weighted by molar-refractivity contribution is 0.0932. The van der Waals surface area contributed by atoms with Gasteiger partial charge in [-0.15, -0.1) is 5.10 Å². The Morgan fingerprint density at radius 2 is 2.10 bits per heavy atom. The van der Waals surface area contributed by atoms with Crippen molar-refractivity contribution in [3.63, 3.8) is 0 Å². The van der Waals surface area contributed by atoms with Crippen LogP contribution in [0.5, 0.6) is 0 Å². The van der Waals surface area contributed by atoms with Crippen LogP contribution in [-0.4, -0.2) is 41.2 Å². The van der Waals surface area contributed by atoms with Crippen molar-refractivity contribution in [3.8, 4) is 0 Å². The van der Waals surface area contributed by atoms with Crippen LogP contribution in [0.15, 0.2) is 30.5 Å². The summed E-state index contributed by atoms with van der Waals surface area (Å²) in [6.45, 7) is 4.99. The van der Waals surface area contributed by atoms with Gasteiger partial charge in [-0.05, 0) is 19.4 Å². The third kappa shape index (κ3) is 3.88. The summed E-state index contributed by atoms with van der Waals surface area (Å²) in [4.78, 5) is 11.9. The minimum Gasteiger partial charge on any atom is -0.383 e. The number of amides is 1. The van der Waals surface area contributed by atoms with E-state index in [0.29, 0.717) is 18.8 Å². The molecule has 2 rings (SSSR count). The van der Waals surface area contributed by atoms with Gasteiger partial charge in [0.1, 0.15) is 0 Å². The molecule has 6 nitrogen and oxygen atoms in total. The molecule has 112 valence electrons. The molecule has 0 saturated carbocycles. The lowest BCUT2D eigenvalue weighted by atomic mass is 10.1. The van der Waals surface area contributed by atoms with E-state index >= 15 is 0 Å². The lowest BCUT2D eigenvalue weighted by Gasteiger charge is -2.11. The van der Waals surface area contributed by atoms with E-state index in [2.05, 4.69) is 39.9 Å². The maximum Gasteiger partial charge on any atom is 0.273 e. The zero-order chi connectivity index (χ0) is 15.2. The summed E-state index contributed by atoms with van der Waals surface area (Å²) >= 11 is 0. The van der Waals surface area contributed by atoms with Crippen molar-refractivity contribution < 1.29 is 9.53 Å². The number of nitrogens with zero attached hydrogens (tertiary/aromatic N) is 3. The number of ether oxygens (including phenoxy) is 1. The number of aryl methyl sites for hydroxylation is 1. The van der Waals surface area contributed by atoms with E-state index in [1.165, 1.54) is 5.56 Å². The van der Waals surface area contributed by atoms with Gasteiger partial charge in [0.05, 0.1) is 18.8 Å². The topological polar surface area (TPSA) is 69.0 Å². The zero-order valence-corrected chi connectivity index (χ0v) is 12.5. The third-order valence-electron chi connectivity index (χ3n) is 3.29. The average molecular weight is 288 g/mol. The highest BCUT2D eigenvalue weighted by atomic mass is 16.5. The van der Waals surface area contributed by atoms with Crippen LogP contribution in [0.1, 0.15) is 34.6 Å². The molecule has 1 atom stereocenters. The van der Waals surface area contributed by atoms with Gasteiger partial charge in [-0.25, -0.2) is 4.68 Å². The summed E-state index contributed by atoms with van der Waals surface area (Å²) in [5.74, 6) is -0.241. The molecule has 1 aromatic heterocycles. The molecular formula is C15H20N4O2. The van der Waals surface area contributed by atoms with Crippen LogP contribution in [0, 0.1) is 6.92 Å². The summed E-state index contributed by atoms with van der Waals surface area (Å²) < 4.78 is 6.57. The first-order chi connectivity index (χ1) is 10.1. The fraction of sp³-hybridized carbons (Fsp3) is 0.400. The highest BCUT2D eigenvalue weighted by Crippen LogP contribution is 2.17. The molecule has 1 amide bonds. The Balaban J connectivity index is 2.05. The molecule has 1 aromatic carbocycles. The number of carbonyl (C=O) groups excluding carboxylic acids is 1. The summed E-state index contributed by atoms with van der Waals surface area (Å²) in [6.07, 6.45) is 1.66. The van der Waals surface area contributed by atoms with E-state index in [0.717, 1.165) is 5.56 Å². The minimum absolute atomic E-state index is 0.0265. The van der Waals surface area contributed by atoms with Gasteiger partial charge in [0, 0.05) is 13.7 Å². The van der Waals surface area contributed by atoms with Crippen LogP contribution in [0.3, 0.4) is 0 Å². The van der Waals surface area contributed by atoms with Gasteiger partial charge in [0.15, 0.2) is 5.69 Å². The first-order valence-corrected chi connectivity index (χ1v) is 6.87. The molecule has 0 aliphatic heterocycles. The molecule has 1 N–H and O–H groups in total. The highest BCUT2D eigenvalue weighted by molar-refractivity contribution is 5.91. The lowest BCUT2D eigenvalue weighted by Crippen LogP contribution is -2.27. The van der Waals surface area contributed by atoms with Crippen molar-refractivity contribution >= 4 is 5.91 Å². The summed E-state index contributed by atoms with van der Waals surface area (Å²) in [7, 11) is 1.59. The predicted octanol–water partition coefficient (Wildman–Crippen LogP) is 1.57. The normalized spacial score (nSPS) is 12.1. The van der Waals surface area contributed by atoms with E-state index in [1.54, 1.807) is 18.0 Å². The quantitative estimate of drug-likeness (QED) is 0.819. The fourth-order valence-electron chi connectivity index (χ4n) is 1.92. The van der Waals surface area contributed by atoms with Gasteiger partial charge in [0.2, 0.25) is 0 Å². The summed E-state index contributed by atoms with van der Waals surface area (Å²) in [6, 6.07) is 8.25. The van der Waals surface area contributed by atoms with Crippen LogP contribution in [-0.2, 0) is 4.74 Å². The molecule has 2 aromatic rings. The maximum atomic E-state index is 11.9. The van der Waals surface area contributed by atoms with Crippen molar-refractivity contribution in [2.24, 2.45) is 0 Å². The van der Waals surface area contributed by atoms with Crippen LogP contribution >= 0.6 is 0 Å². The van der Waals surface area contributed by atoms with Crippen molar-refractivity contribution in [1.29, 1.82) is 0 Å².